The van der Waals surface area contributed by atoms with Gasteiger partial charge in [-0.05, 0) is 47.3 Å². The van der Waals surface area contributed by atoms with E-state index < -0.39 is 0 Å². The molecular formula is C13H15BrN2. The zero-order valence-electron chi connectivity index (χ0n) is 9.41. The second kappa shape index (κ2) is 4.88. The normalized spacial score (nSPS) is 19.8. The molecule has 1 fully saturated rings. The lowest BCUT2D eigenvalue weighted by Crippen LogP contribution is -2.29. The van der Waals surface area contributed by atoms with Crippen molar-refractivity contribution in [3.8, 4) is 6.07 Å². The standard InChI is InChI=1S/C13H15BrN2/c1-2-10-5-4-8-16(10)13-7-3-6-12(14)11(13)9-15/h3,6-7,10H,2,4-5,8H2,1H3. The lowest BCUT2D eigenvalue weighted by molar-refractivity contribution is 0.645. The molecule has 16 heavy (non-hydrogen) atoms. The maximum atomic E-state index is 9.21. The fraction of sp³-hybridized carbons (Fsp3) is 0.462. The van der Waals surface area contributed by atoms with E-state index in [0.717, 1.165) is 28.7 Å². The smallest absolute Gasteiger partial charge is 0.103 e. The summed E-state index contributed by atoms with van der Waals surface area (Å²) in [7, 11) is 0. The second-order valence-electron chi connectivity index (χ2n) is 4.14. The van der Waals surface area contributed by atoms with Gasteiger partial charge in [0, 0.05) is 17.1 Å². The number of hydrogen-bond acceptors (Lipinski definition) is 2. The summed E-state index contributed by atoms with van der Waals surface area (Å²) in [4.78, 5) is 2.38. The number of anilines is 1. The minimum absolute atomic E-state index is 0.599. The number of benzene rings is 1. The molecule has 1 heterocycles. The first kappa shape index (κ1) is 11.5. The van der Waals surface area contributed by atoms with Crippen LogP contribution in [0, 0.1) is 11.3 Å². The van der Waals surface area contributed by atoms with Crippen molar-refractivity contribution < 1.29 is 0 Å². The first-order chi connectivity index (χ1) is 7.77. The van der Waals surface area contributed by atoms with E-state index in [1.54, 1.807) is 0 Å². The molecule has 84 valence electrons. The molecule has 1 aromatic carbocycles. The van der Waals surface area contributed by atoms with Gasteiger partial charge >= 0.3 is 0 Å². The Hall–Kier alpha value is -1.01. The zero-order chi connectivity index (χ0) is 11.5. The number of halogens is 1. The van der Waals surface area contributed by atoms with Crippen molar-refractivity contribution >= 4 is 21.6 Å². The SMILES string of the molecule is CCC1CCCN1c1cccc(Br)c1C#N. The summed E-state index contributed by atoms with van der Waals surface area (Å²) in [5.74, 6) is 0. The van der Waals surface area contributed by atoms with E-state index >= 15 is 0 Å². The van der Waals surface area contributed by atoms with Crippen LogP contribution in [0.25, 0.3) is 0 Å². The van der Waals surface area contributed by atoms with Crippen LogP contribution < -0.4 is 4.90 Å². The van der Waals surface area contributed by atoms with E-state index in [4.69, 9.17) is 0 Å². The molecule has 1 unspecified atom stereocenters. The van der Waals surface area contributed by atoms with Crippen LogP contribution in [0.4, 0.5) is 5.69 Å². The van der Waals surface area contributed by atoms with Crippen LogP contribution in [0.1, 0.15) is 31.7 Å². The van der Waals surface area contributed by atoms with Gasteiger partial charge in [0.05, 0.1) is 11.3 Å². The fourth-order valence-corrected chi connectivity index (χ4v) is 2.88. The molecular weight excluding hydrogens is 264 g/mol. The van der Waals surface area contributed by atoms with Gasteiger partial charge in [0.25, 0.3) is 0 Å². The van der Waals surface area contributed by atoms with E-state index in [1.807, 2.05) is 12.1 Å². The van der Waals surface area contributed by atoms with Crippen molar-refractivity contribution in [2.45, 2.75) is 32.2 Å². The summed E-state index contributed by atoms with van der Waals surface area (Å²) in [6.07, 6.45) is 3.63. The molecule has 1 aliphatic rings. The summed E-state index contributed by atoms with van der Waals surface area (Å²) in [6, 6.07) is 8.88. The van der Waals surface area contributed by atoms with Gasteiger partial charge in [-0.1, -0.05) is 13.0 Å². The quantitative estimate of drug-likeness (QED) is 0.825. The molecule has 3 heteroatoms. The first-order valence-electron chi connectivity index (χ1n) is 5.73. The van der Waals surface area contributed by atoms with Crippen molar-refractivity contribution in [2.24, 2.45) is 0 Å². The maximum absolute atomic E-state index is 9.21. The van der Waals surface area contributed by atoms with Crippen molar-refractivity contribution in [2.75, 3.05) is 11.4 Å². The molecule has 1 aliphatic heterocycles. The highest BCUT2D eigenvalue weighted by Gasteiger charge is 2.25. The minimum atomic E-state index is 0.599. The van der Waals surface area contributed by atoms with Gasteiger partial charge in [-0.3, -0.25) is 0 Å². The lowest BCUT2D eigenvalue weighted by atomic mass is 10.1. The van der Waals surface area contributed by atoms with Gasteiger partial charge < -0.3 is 4.90 Å². The fourth-order valence-electron chi connectivity index (χ4n) is 2.44. The van der Waals surface area contributed by atoms with Crippen molar-refractivity contribution in [3.63, 3.8) is 0 Å². The summed E-state index contributed by atoms with van der Waals surface area (Å²) in [6.45, 7) is 3.29. The summed E-state index contributed by atoms with van der Waals surface area (Å²) < 4.78 is 0.897. The largest absolute Gasteiger partial charge is 0.367 e. The number of hydrogen-bond donors (Lipinski definition) is 0. The molecule has 0 N–H and O–H groups in total. The van der Waals surface area contributed by atoms with Gasteiger partial charge in [0.2, 0.25) is 0 Å². The van der Waals surface area contributed by atoms with Gasteiger partial charge in [-0.25, -0.2) is 0 Å². The molecule has 1 aromatic rings. The van der Waals surface area contributed by atoms with Crippen LogP contribution >= 0.6 is 15.9 Å². The Bertz CT molecular complexity index is 422. The predicted molar refractivity (Wildman–Crippen MR) is 69.5 cm³/mol. The van der Waals surface area contributed by atoms with E-state index in [-0.39, 0.29) is 0 Å². The van der Waals surface area contributed by atoms with Crippen molar-refractivity contribution in [1.29, 1.82) is 5.26 Å². The molecule has 0 spiro atoms. The van der Waals surface area contributed by atoms with Crippen LogP contribution in [0.5, 0.6) is 0 Å². The van der Waals surface area contributed by atoms with E-state index in [0.29, 0.717) is 6.04 Å². The highest BCUT2D eigenvalue weighted by atomic mass is 79.9. The Morgan fingerprint density at radius 2 is 2.38 bits per heavy atom. The third kappa shape index (κ3) is 1.94. The van der Waals surface area contributed by atoms with E-state index in [9.17, 15) is 5.26 Å². The molecule has 0 aromatic heterocycles. The molecule has 0 saturated carbocycles. The van der Waals surface area contributed by atoms with Crippen LogP contribution in [-0.2, 0) is 0 Å². The number of nitrogens with zero attached hydrogens (tertiary/aromatic N) is 2. The summed E-state index contributed by atoms with van der Waals surface area (Å²) >= 11 is 3.45. The van der Waals surface area contributed by atoms with Crippen LogP contribution in [0.2, 0.25) is 0 Å². The Morgan fingerprint density at radius 1 is 1.56 bits per heavy atom. The molecule has 2 nitrogen and oxygen atoms in total. The van der Waals surface area contributed by atoms with Gasteiger partial charge in [0.1, 0.15) is 6.07 Å². The van der Waals surface area contributed by atoms with Gasteiger partial charge in [-0.2, -0.15) is 5.26 Å². The van der Waals surface area contributed by atoms with Crippen molar-refractivity contribution in [3.05, 3.63) is 28.2 Å². The first-order valence-corrected chi connectivity index (χ1v) is 6.52. The number of nitriles is 1. The lowest BCUT2D eigenvalue weighted by Gasteiger charge is -2.27. The maximum Gasteiger partial charge on any atom is 0.103 e. The third-order valence-corrected chi connectivity index (χ3v) is 3.92. The molecule has 1 atom stereocenters. The van der Waals surface area contributed by atoms with Crippen LogP contribution in [-0.4, -0.2) is 12.6 Å². The molecule has 0 amide bonds. The highest BCUT2D eigenvalue weighted by Crippen LogP contribution is 2.33. The van der Waals surface area contributed by atoms with Gasteiger partial charge in [-0.15, -0.1) is 0 Å². The highest BCUT2D eigenvalue weighted by molar-refractivity contribution is 9.10. The van der Waals surface area contributed by atoms with Gasteiger partial charge in [0.15, 0.2) is 0 Å². The molecule has 1 saturated heterocycles. The Balaban J connectivity index is 2.40. The van der Waals surface area contributed by atoms with Crippen LogP contribution in [0.3, 0.4) is 0 Å². The van der Waals surface area contributed by atoms with E-state index in [1.165, 1.54) is 12.8 Å². The summed E-state index contributed by atoms with van der Waals surface area (Å²) in [5, 5.41) is 9.21. The molecule has 0 bridgehead atoms. The third-order valence-electron chi connectivity index (χ3n) is 3.26. The molecule has 2 rings (SSSR count). The molecule has 0 aliphatic carbocycles. The predicted octanol–water partition coefficient (Wildman–Crippen LogP) is 3.70. The Kier molecular flexibility index (Phi) is 3.50. The van der Waals surface area contributed by atoms with Crippen molar-refractivity contribution in [1.82, 2.24) is 0 Å². The molecule has 0 radical (unpaired) electrons. The monoisotopic (exact) mass is 278 g/mol. The zero-order valence-corrected chi connectivity index (χ0v) is 11.0. The average Bonchev–Trinajstić information content (AvgIpc) is 2.76. The number of rotatable bonds is 2. The summed E-state index contributed by atoms with van der Waals surface area (Å²) in [5.41, 5.74) is 1.85. The topological polar surface area (TPSA) is 27.0 Å². The average molecular weight is 279 g/mol. The second-order valence-corrected chi connectivity index (χ2v) is 5.00. The minimum Gasteiger partial charge on any atom is -0.367 e. The Labute approximate surface area is 105 Å². The van der Waals surface area contributed by atoms with Crippen LogP contribution in [0.15, 0.2) is 22.7 Å². The van der Waals surface area contributed by atoms with E-state index in [2.05, 4.69) is 39.9 Å². The Morgan fingerprint density at radius 3 is 3.06 bits per heavy atom.